The number of carboxylic acids is 1. The second-order valence-electron chi connectivity index (χ2n) is 5.00. The number of nitrogens with zero attached hydrogens (tertiary/aromatic N) is 1. The summed E-state index contributed by atoms with van der Waals surface area (Å²) in [6, 6.07) is 1.22. The minimum Gasteiger partial charge on any atom is -0.477 e. The summed E-state index contributed by atoms with van der Waals surface area (Å²) in [6.45, 7) is 4.88. The third kappa shape index (κ3) is 3.22. The van der Waals surface area contributed by atoms with Crippen LogP contribution in [0.4, 0.5) is 0 Å². The maximum Gasteiger partial charge on any atom is 0.345 e. The van der Waals surface area contributed by atoms with Crippen LogP contribution in [0.1, 0.15) is 23.5 Å². The summed E-state index contributed by atoms with van der Waals surface area (Å²) < 4.78 is 26.9. The van der Waals surface area contributed by atoms with Crippen LogP contribution in [0.25, 0.3) is 0 Å². The zero-order valence-corrected chi connectivity index (χ0v) is 15.0. The Bertz CT molecular complexity index is 638. The number of rotatable bonds is 3. The fourth-order valence-electron chi connectivity index (χ4n) is 1.95. The minimum atomic E-state index is -3.66. The first-order chi connectivity index (χ1) is 9.13. The second kappa shape index (κ2) is 5.60. The van der Waals surface area contributed by atoms with Crippen LogP contribution in [0.2, 0.25) is 0 Å². The molecule has 1 N–H and O–H groups in total. The molecule has 1 aromatic rings. The molecule has 0 amide bonds. The molecule has 0 aromatic carbocycles. The quantitative estimate of drug-likeness (QED) is 0.845. The van der Waals surface area contributed by atoms with Crippen molar-refractivity contribution in [1.82, 2.24) is 4.31 Å². The van der Waals surface area contributed by atoms with Gasteiger partial charge in [0.1, 0.15) is 9.77 Å². The molecular weight excluding hydrogens is 386 g/mol. The van der Waals surface area contributed by atoms with Crippen molar-refractivity contribution in [2.75, 3.05) is 18.8 Å². The van der Waals surface area contributed by atoms with E-state index in [1.165, 1.54) is 10.4 Å². The van der Waals surface area contributed by atoms with Crippen LogP contribution in [-0.2, 0) is 10.0 Å². The molecule has 1 aromatic heterocycles. The number of sulfonamides is 1. The Morgan fingerprint density at radius 3 is 2.65 bits per heavy atom. The number of thioether (sulfide) groups is 1. The number of hydrogen-bond acceptors (Lipinski definition) is 5. The fourth-order valence-corrected chi connectivity index (χ4v) is 7.22. The number of carboxylic acid groups (broad SMARTS) is 1. The van der Waals surface area contributed by atoms with Gasteiger partial charge in [0.05, 0.1) is 3.79 Å². The van der Waals surface area contributed by atoms with Gasteiger partial charge in [-0.05, 0) is 35.8 Å². The zero-order valence-electron chi connectivity index (χ0n) is 10.9. The molecule has 0 aliphatic carbocycles. The highest BCUT2D eigenvalue weighted by molar-refractivity contribution is 9.11. The average Bonchev–Trinajstić information content (AvgIpc) is 2.71. The average molecular weight is 400 g/mol. The predicted octanol–water partition coefficient (Wildman–Crippen LogP) is 2.72. The molecule has 20 heavy (non-hydrogen) atoms. The summed E-state index contributed by atoms with van der Waals surface area (Å²) in [7, 11) is -3.66. The molecule has 0 saturated carbocycles. The highest BCUT2D eigenvalue weighted by Gasteiger charge is 2.36. The Kier molecular flexibility index (Phi) is 4.56. The van der Waals surface area contributed by atoms with Crippen molar-refractivity contribution < 1.29 is 18.3 Å². The van der Waals surface area contributed by atoms with Gasteiger partial charge in [-0.25, -0.2) is 13.2 Å². The first-order valence-corrected chi connectivity index (χ1v) is 9.84. The van der Waals surface area contributed by atoms with Crippen molar-refractivity contribution in [3.8, 4) is 0 Å². The fraction of sp³-hybridized carbons (Fsp3) is 0.545. The van der Waals surface area contributed by atoms with Gasteiger partial charge in [-0.1, -0.05) is 0 Å². The molecule has 1 fully saturated rings. The van der Waals surface area contributed by atoms with Gasteiger partial charge in [0.15, 0.2) is 0 Å². The molecule has 112 valence electrons. The Labute approximate surface area is 134 Å². The number of thiophene rings is 1. The van der Waals surface area contributed by atoms with Crippen LogP contribution < -0.4 is 0 Å². The molecule has 9 heteroatoms. The first-order valence-electron chi connectivity index (χ1n) is 5.80. The molecule has 0 unspecified atom stereocenters. The Morgan fingerprint density at radius 1 is 1.50 bits per heavy atom. The molecule has 0 radical (unpaired) electrons. The highest BCUT2D eigenvalue weighted by Crippen LogP contribution is 2.37. The van der Waals surface area contributed by atoms with E-state index in [2.05, 4.69) is 15.9 Å². The summed E-state index contributed by atoms with van der Waals surface area (Å²) in [4.78, 5) is 11.0. The molecule has 0 bridgehead atoms. The Balaban J connectivity index is 2.37. The Hall–Kier alpha value is -0.0900. The lowest BCUT2D eigenvalue weighted by Crippen LogP contribution is -2.46. The molecule has 1 aliphatic rings. The van der Waals surface area contributed by atoms with Crippen LogP contribution in [0.5, 0.6) is 0 Å². The lowest BCUT2D eigenvalue weighted by molar-refractivity contribution is 0.0702. The zero-order chi connectivity index (χ0) is 15.1. The van der Waals surface area contributed by atoms with E-state index in [-0.39, 0.29) is 14.5 Å². The van der Waals surface area contributed by atoms with Gasteiger partial charge < -0.3 is 5.11 Å². The van der Waals surface area contributed by atoms with E-state index >= 15 is 0 Å². The second-order valence-corrected chi connectivity index (χ2v) is 11.1. The summed E-state index contributed by atoms with van der Waals surface area (Å²) in [5, 5.41) is 8.96. The van der Waals surface area contributed by atoms with Crippen molar-refractivity contribution in [2.45, 2.75) is 23.5 Å². The third-order valence-corrected chi connectivity index (χ3v) is 8.26. The van der Waals surface area contributed by atoms with Crippen LogP contribution >= 0.6 is 39.0 Å². The molecule has 1 aliphatic heterocycles. The van der Waals surface area contributed by atoms with E-state index in [1.54, 1.807) is 11.8 Å². The van der Waals surface area contributed by atoms with Gasteiger partial charge in [0, 0.05) is 23.6 Å². The van der Waals surface area contributed by atoms with E-state index in [1.807, 2.05) is 13.8 Å². The molecule has 0 atom stereocenters. The highest BCUT2D eigenvalue weighted by atomic mass is 79.9. The maximum atomic E-state index is 12.6. The number of hydrogen-bond donors (Lipinski definition) is 1. The van der Waals surface area contributed by atoms with Gasteiger partial charge in [-0.2, -0.15) is 16.1 Å². The largest absolute Gasteiger partial charge is 0.477 e. The number of aromatic carboxylic acids is 1. The summed E-state index contributed by atoms with van der Waals surface area (Å²) >= 11 is 5.82. The number of halogens is 1. The topological polar surface area (TPSA) is 74.7 Å². The molecule has 2 rings (SSSR count). The molecule has 5 nitrogen and oxygen atoms in total. The van der Waals surface area contributed by atoms with Crippen molar-refractivity contribution in [3.05, 3.63) is 14.7 Å². The molecule has 0 spiro atoms. The molecule has 1 saturated heterocycles. The van der Waals surface area contributed by atoms with Gasteiger partial charge in [0.2, 0.25) is 10.0 Å². The SMILES string of the molecule is CC1(C)CN(S(=O)(=O)c2cc(C(=O)O)sc2Br)CCS1. The smallest absolute Gasteiger partial charge is 0.345 e. The summed E-state index contributed by atoms with van der Waals surface area (Å²) in [6.07, 6.45) is 0. The van der Waals surface area contributed by atoms with Crippen LogP contribution in [0.3, 0.4) is 0 Å². The lowest BCUT2D eigenvalue weighted by Gasteiger charge is -2.36. The van der Waals surface area contributed by atoms with Gasteiger partial charge >= 0.3 is 5.97 Å². The van der Waals surface area contributed by atoms with E-state index in [0.717, 1.165) is 17.1 Å². The monoisotopic (exact) mass is 399 g/mol. The third-order valence-electron chi connectivity index (χ3n) is 2.87. The standard InChI is InChI=1S/C11H14BrNO4S3/c1-11(2)6-13(3-4-18-11)20(16,17)8-5-7(10(14)15)19-9(8)12/h5H,3-4,6H2,1-2H3,(H,14,15). The van der Waals surface area contributed by atoms with Crippen molar-refractivity contribution in [2.24, 2.45) is 0 Å². The van der Waals surface area contributed by atoms with Crippen LogP contribution in [0, 0.1) is 0 Å². The summed E-state index contributed by atoms with van der Waals surface area (Å²) in [5.41, 5.74) is 0. The van der Waals surface area contributed by atoms with E-state index in [0.29, 0.717) is 16.9 Å². The van der Waals surface area contributed by atoms with Gasteiger partial charge in [0.25, 0.3) is 0 Å². The van der Waals surface area contributed by atoms with Gasteiger partial charge in [-0.3, -0.25) is 0 Å². The summed E-state index contributed by atoms with van der Waals surface area (Å²) in [5.74, 6) is -0.383. The predicted molar refractivity (Wildman–Crippen MR) is 84.3 cm³/mol. The number of carbonyl (C=O) groups is 1. The lowest BCUT2D eigenvalue weighted by atomic mass is 10.2. The normalized spacial score (nSPS) is 19.9. The van der Waals surface area contributed by atoms with E-state index in [9.17, 15) is 13.2 Å². The van der Waals surface area contributed by atoms with E-state index < -0.39 is 16.0 Å². The van der Waals surface area contributed by atoms with Gasteiger partial charge in [-0.15, -0.1) is 11.3 Å². The van der Waals surface area contributed by atoms with Crippen molar-refractivity contribution in [1.29, 1.82) is 0 Å². The van der Waals surface area contributed by atoms with Crippen molar-refractivity contribution >= 4 is 55.0 Å². The maximum absolute atomic E-state index is 12.6. The van der Waals surface area contributed by atoms with Crippen LogP contribution in [-0.4, -0.2) is 47.4 Å². The molecule has 2 heterocycles. The minimum absolute atomic E-state index is 0.0149. The van der Waals surface area contributed by atoms with Crippen LogP contribution in [0.15, 0.2) is 14.7 Å². The first kappa shape index (κ1) is 16.3. The molecular formula is C11H14BrNO4S3. The van der Waals surface area contributed by atoms with E-state index in [4.69, 9.17) is 5.11 Å². The Morgan fingerprint density at radius 2 is 2.15 bits per heavy atom. The van der Waals surface area contributed by atoms with Crippen molar-refractivity contribution in [3.63, 3.8) is 0 Å².